The van der Waals surface area contributed by atoms with Crippen LogP contribution in [-0.4, -0.2) is 37.1 Å². The Hall–Kier alpha value is -2.51. The number of carbonyl (C=O) groups excluding carboxylic acids is 2. The van der Waals surface area contributed by atoms with Gasteiger partial charge in [-0.25, -0.2) is 13.2 Å². The highest BCUT2D eigenvalue weighted by atomic mass is 32.2. The zero-order chi connectivity index (χ0) is 18.7. The first kappa shape index (κ1) is 16.9. The third kappa shape index (κ3) is 1.98. The van der Waals surface area contributed by atoms with Crippen molar-refractivity contribution in [1.82, 2.24) is 4.31 Å². The van der Waals surface area contributed by atoms with Crippen LogP contribution < -0.4 is 0 Å². The summed E-state index contributed by atoms with van der Waals surface area (Å²) in [4.78, 5) is 25.9. The number of rotatable bonds is 4. The highest BCUT2D eigenvalue weighted by molar-refractivity contribution is 7.90. The van der Waals surface area contributed by atoms with Crippen LogP contribution in [0.4, 0.5) is 0 Å². The van der Waals surface area contributed by atoms with Crippen molar-refractivity contribution in [2.75, 3.05) is 6.61 Å². The second-order valence-corrected chi connectivity index (χ2v) is 8.20. The maximum absolute atomic E-state index is 13.0. The Bertz CT molecular complexity index is 1030. The number of hydrogen-bond acceptors (Lipinski definition) is 5. The summed E-state index contributed by atoms with van der Waals surface area (Å²) in [7, 11) is -3.94. The van der Waals surface area contributed by atoms with Gasteiger partial charge in [-0.05, 0) is 19.9 Å². The minimum absolute atomic E-state index is 0.0632. The second kappa shape index (κ2) is 5.49. The number of esters is 1. The Kier molecular flexibility index (Phi) is 3.58. The number of aryl methyl sites for hydroxylation is 1. The van der Waals surface area contributed by atoms with Gasteiger partial charge in [-0.3, -0.25) is 4.79 Å². The SMILES string of the molecule is CCOC(=O)[C@@]12c3cc(C)ccc3S(=O)(=O)N1[C@@H]2C(=O)c1ccccc1. The van der Waals surface area contributed by atoms with Gasteiger partial charge in [-0.1, -0.05) is 48.0 Å². The average molecular weight is 371 g/mol. The third-order valence-electron chi connectivity index (χ3n) is 4.89. The first-order chi connectivity index (χ1) is 12.4. The van der Waals surface area contributed by atoms with Crippen LogP contribution in [0.15, 0.2) is 53.4 Å². The monoisotopic (exact) mass is 371 g/mol. The van der Waals surface area contributed by atoms with Gasteiger partial charge in [0.05, 0.1) is 11.5 Å². The number of ether oxygens (including phenoxy) is 1. The van der Waals surface area contributed by atoms with Gasteiger partial charge >= 0.3 is 5.97 Å². The van der Waals surface area contributed by atoms with Crippen LogP contribution in [0.3, 0.4) is 0 Å². The van der Waals surface area contributed by atoms with Crippen LogP contribution in [0.2, 0.25) is 0 Å². The van der Waals surface area contributed by atoms with Crippen molar-refractivity contribution in [2.24, 2.45) is 0 Å². The molecule has 26 heavy (non-hydrogen) atoms. The lowest BCUT2D eigenvalue weighted by Crippen LogP contribution is -2.30. The van der Waals surface area contributed by atoms with E-state index < -0.39 is 33.4 Å². The molecule has 0 amide bonds. The van der Waals surface area contributed by atoms with E-state index in [1.165, 1.54) is 6.07 Å². The molecule has 0 radical (unpaired) electrons. The summed E-state index contributed by atoms with van der Waals surface area (Å²) in [6, 6.07) is 12.1. The molecular formula is C19H17NO5S. The fraction of sp³-hybridized carbons (Fsp3) is 0.263. The molecule has 2 heterocycles. The molecule has 0 aliphatic carbocycles. The van der Waals surface area contributed by atoms with Gasteiger partial charge in [0.1, 0.15) is 6.04 Å². The maximum Gasteiger partial charge on any atom is 0.334 e. The molecule has 0 saturated carbocycles. The zero-order valence-electron chi connectivity index (χ0n) is 14.3. The fourth-order valence-corrected chi connectivity index (χ4v) is 5.82. The molecule has 134 valence electrons. The molecule has 6 nitrogen and oxygen atoms in total. The molecule has 1 fully saturated rings. The average Bonchev–Trinajstić information content (AvgIpc) is 3.29. The topological polar surface area (TPSA) is 80.5 Å². The molecule has 0 bridgehead atoms. The summed E-state index contributed by atoms with van der Waals surface area (Å²) in [5, 5.41) is 0. The van der Waals surface area contributed by atoms with E-state index in [0.29, 0.717) is 11.1 Å². The van der Waals surface area contributed by atoms with Crippen LogP contribution in [0.5, 0.6) is 0 Å². The molecule has 0 spiro atoms. The normalized spacial score (nSPS) is 27.3. The van der Waals surface area contributed by atoms with Crippen LogP contribution in [-0.2, 0) is 25.1 Å². The summed E-state index contributed by atoms with van der Waals surface area (Å²) >= 11 is 0. The van der Waals surface area contributed by atoms with E-state index in [-0.39, 0.29) is 11.5 Å². The van der Waals surface area contributed by atoms with Crippen LogP contribution in [0, 0.1) is 6.92 Å². The molecule has 7 heteroatoms. The number of hydrogen-bond donors (Lipinski definition) is 0. The van der Waals surface area contributed by atoms with E-state index in [4.69, 9.17) is 4.74 Å². The Balaban J connectivity index is 1.91. The van der Waals surface area contributed by atoms with E-state index in [9.17, 15) is 18.0 Å². The molecule has 1 unspecified atom stereocenters. The predicted octanol–water partition coefficient (Wildman–Crippen LogP) is 2.02. The van der Waals surface area contributed by atoms with Crippen molar-refractivity contribution in [3.63, 3.8) is 0 Å². The quantitative estimate of drug-likeness (QED) is 0.467. The van der Waals surface area contributed by atoms with Crippen molar-refractivity contribution < 1.29 is 22.7 Å². The largest absolute Gasteiger partial charge is 0.464 e. The number of fused-ring (bicyclic) bond motifs is 3. The number of benzene rings is 2. The number of carbonyl (C=O) groups is 2. The van der Waals surface area contributed by atoms with Crippen molar-refractivity contribution in [1.29, 1.82) is 0 Å². The molecule has 0 aromatic heterocycles. The van der Waals surface area contributed by atoms with Gasteiger partial charge in [0.15, 0.2) is 11.3 Å². The van der Waals surface area contributed by atoms with Gasteiger partial charge in [0, 0.05) is 11.1 Å². The first-order valence-electron chi connectivity index (χ1n) is 8.29. The molecule has 2 aliphatic rings. The van der Waals surface area contributed by atoms with Crippen molar-refractivity contribution >= 4 is 21.8 Å². The van der Waals surface area contributed by atoms with Gasteiger partial charge in [0.25, 0.3) is 0 Å². The van der Waals surface area contributed by atoms with Gasteiger partial charge in [0.2, 0.25) is 10.0 Å². The van der Waals surface area contributed by atoms with Crippen molar-refractivity contribution in [2.45, 2.75) is 30.3 Å². The lowest BCUT2D eigenvalue weighted by atomic mass is 9.90. The Morgan fingerprint density at radius 3 is 2.50 bits per heavy atom. The summed E-state index contributed by atoms with van der Waals surface area (Å²) in [5.41, 5.74) is -0.101. The Morgan fingerprint density at radius 2 is 1.85 bits per heavy atom. The Labute approximate surface area is 151 Å². The summed E-state index contributed by atoms with van der Waals surface area (Å²) < 4.78 is 32.1. The minimum atomic E-state index is -3.94. The van der Waals surface area contributed by atoms with E-state index in [1.807, 2.05) is 6.92 Å². The molecule has 2 aromatic rings. The lowest BCUT2D eigenvalue weighted by molar-refractivity contribution is -0.147. The second-order valence-electron chi connectivity index (χ2n) is 6.42. The van der Waals surface area contributed by atoms with E-state index in [2.05, 4.69) is 0 Å². The van der Waals surface area contributed by atoms with Gasteiger partial charge in [-0.15, -0.1) is 0 Å². The van der Waals surface area contributed by atoms with E-state index in [0.717, 1.165) is 9.87 Å². The number of ketones is 1. The standard InChI is InChI=1S/C19H17NO5S/c1-3-25-18(22)19-14-11-12(2)9-10-15(14)26(23,24)20(19)17(19)16(21)13-7-5-4-6-8-13/h4-11,17H,3H2,1-2H3/t17-,19+,20?/m1/s1. The zero-order valence-corrected chi connectivity index (χ0v) is 15.1. The molecule has 2 aromatic carbocycles. The summed E-state index contributed by atoms with van der Waals surface area (Å²) in [6.07, 6.45) is 0. The molecule has 0 N–H and O–H groups in total. The van der Waals surface area contributed by atoms with Crippen LogP contribution in [0.1, 0.15) is 28.4 Å². The van der Waals surface area contributed by atoms with Gasteiger partial charge < -0.3 is 4.74 Å². The smallest absolute Gasteiger partial charge is 0.334 e. The third-order valence-corrected chi connectivity index (χ3v) is 6.81. The minimum Gasteiger partial charge on any atom is -0.464 e. The summed E-state index contributed by atoms with van der Waals surface area (Å²) in [5.74, 6) is -1.11. The molecule has 2 aliphatic heterocycles. The molecular weight excluding hydrogens is 354 g/mol. The lowest BCUT2D eigenvalue weighted by Gasteiger charge is -2.14. The van der Waals surface area contributed by atoms with Crippen LogP contribution in [0.25, 0.3) is 0 Å². The predicted molar refractivity (Wildman–Crippen MR) is 93.1 cm³/mol. The molecule has 4 rings (SSSR count). The van der Waals surface area contributed by atoms with Crippen molar-refractivity contribution in [3.05, 3.63) is 65.2 Å². The molecule has 3 atom stereocenters. The number of nitrogens with zero attached hydrogens (tertiary/aromatic N) is 1. The molecule has 1 saturated heterocycles. The Morgan fingerprint density at radius 1 is 1.15 bits per heavy atom. The van der Waals surface area contributed by atoms with Gasteiger partial charge in [-0.2, -0.15) is 4.31 Å². The summed E-state index contributed by atoms with van der Waals surface area (Å²) in [6.45, 7) is 3.56. The van der Waals surface area contributed by atoms with E-state index >= 15 is 0 Å². The van der Waals surface area contributed by atoms with Crippen LogP contribution >= 0.6 is 0 Å². The maximum atomic E-state index is 13.0. The highest BCUT2D eigenvalue weighted by Gasteiger charge is 2.82. The first-order valence-corrected chi connectivity index (χ1v) is 9.73. The van der Waals surface area contributed by atoms with Crippen molar-refractivity contribution in [3.8, 4) is 0 Å². The number of sulfonamides is 1. The number of Topliss-reactive ketones (excluding diaryl/α,β-unsaturated/α-hetero) is 1. The van der Waals surface area contributed by atoms with E-state index in [1.54, 1.807) is 49.4 Å². The fourth-order valence-electron chi connectivity index (χ4n) is 3.75. The highest BCUT2D eigenvalue weighted by Crippen LogP contribution is 2.62.